The molecule has 0 unspecified atom stereocenters. The Hall–Kier alpha value is -3.31. The van der Waals surface area contributed by atoms with Crippen LogP contribution in [0.3, 0.4) is 0 Å². The van der Waals surface area contributed by atoms with Crippen LogP contribution in [0.15, 0.2) is 69.7 Å². The maximum Gasteiger partial charge on any atom is 0.338 e. The number of carbonyl (C=O) groups excluding carboxylic acids is 1. The number of nitrogens with zero attached hydrogens (tertiary/aromatic N) is 1. The summed E-state index contributed by atoms with van der Waals surface area (Å²) in [5, 5.41) is 9.77. The number of esters is 1. The van der Waals surface area contributed by atoms with E-state index in [-0.39, 0.29) is 41.8 Å². The first-order valence-electron chi connectivity index (χ1n) is 9.47. The Kier molecular flexibility index (Phi) is 6.98. The van der Waals surface area contributed by atoms with Crippen LogP contribution in [0.5, 0.6) is 5.75 Å². The molecule has 0 radical (unpaired) electrons. The van der Waals surface area contributed by atoms with Gasteiger partial charge in [0.2, 0.25) is 5.88 Å². The molecule has 2 aromatic carbocycles. The zero-order valence-corrected chi connectivity index (χ0v) is 18.5. The van der Waals surface area contributed by atoms with Gasteiger partial charge in [0.25, 0.3) is 0 Å². The first kappa shape index (κ1) is 22.4. The van der Waals surface area contributed by atoms with E-state index >= 15 is 0 Å². The summed E-state index contributed by atoms with van der Waals surface area (Å²) in [7, 11) is 0. The summed E-state index contributed by atoms with van der Waals surface area (Å²) in [6, 6.07) is 13.3. The van der Waals surface area contributed by atoms with Gasteiger partial charge in [-0.1, -0.05) is 28.1 Å². The fraction of sp³-hybridized carbons (Fsp3) is 0.217. The second-order valence-corrected chi connectivity index (χ2v) is 7.63. The number of hydrogen-bond donors (Lipinski definition) is 1. The minimum absolute atomic E-state index is 0.0716. The summed E-state index contributed by atoms with van der Waals surface area (Å²) < 4.78 is 30.9. The molecule has 1 atom stereocenters. The maximum absolute atomic E-state index is 13.5. The predicted molar refractivity (Wildman–Crippen MR) is 115 cm³/mol. The number of nitrogens with two attached hydrogens (primary N) is 1. The summed E-state index contributed by atoms with van der Waals surface area (Å²) in [5.41, 5.74) is 7.36. The smallest absolute Gasteiger partial charge is 0.338 e. The van der Waals surface area contributed by atoms with E-state index in [1.807, 2.05) is 6.07 Å². The molecule has 0 amide bonds. The third-order valence-corrected chi connectivity index (χ3v) is 5.16. The van der Waals surface area contributed by atoms with Gasteiger partial charge in [0.15, 0.2) is 0 Å². The van der Waals surface area contributed by atoms with Crippen LogP contribution < -0.4 is 10.5 Å². The van der Waals surface area contributed by atoms with E-state index in [0.717, 1.165) is 0 Å². The van der Waals surface area contributed by atoms with Gasteiger partial charge in [-0.25, -0.2) is 9.18 Å². The highest BCUT2D eigenvalue weighted by Gasteiger charge is 2.38. The van der Waals surface area contributed by atoms with Crippen molar-refractivity contribution in [3.63, 3.8) is 0 Å². The quantitative estimate of drug-likeness (QED) is 0.588. The zero-order valence-electron chi connectivity index (χ0n) is 16.9. The Morgan fingerprint density at radius 1 is 1.32 bits per heavy atom. The first-order chi connectivity index (χ1) is 14.8. The normalized spacial score (nSPS) is 15.9. The van der Waals surface area contributed by atoms with Gasteiger partial charge < -0.3 is 19.9 Å². The van der Waals surface area contributed by atoms with E-state index < -0.39 is 11.9 Å². The van der Waals surface area contributed by atoms with Gasteiger partial charge >= 0.3 is 5.97 Å². The largest absolute Gasteiger partial charge is 0.489 e. The lowest BCUT2D eigenvalue weighted by atomic mass is 9.82. The molecule has 8 heteroatoms. The van der Waals surface area contributed by atoms with Gasteiger partial charge in [0.05, 0.1) is 18.1 Å². The minimum Gasteiger partial charge on any atom is -0.489 e. The molecule has 0 bridgehead atoms. The Balaban J connectivity index is 2.08. The molecule has 0 saturated carbocycles. The molecule has 0 fully saturated rings. The minimum atomic E-state index is -0.849. The van der Waals surface area contributed by atoms with E-state index in [9.17, 15) is 14.4 Å². The lowest BCUT2D eigenvalue weighted by Crippen LogP contribution is -2.26. The summed E-state index contributed by atoms with van der Waals surface area (Å²) >= 11 is 3.43. The second-order valence-electron chi connectivity index (χ2n) is 6.72. The predicted octanol–water partition coefficient (Wildman–Crippen LogP) is 4.81. The van der Waals surface area contributed by atoms with E-state index in [2.05, 4.69) is 15.9 Å². The molecule has 2 N–H and O–H groups in total. The van der Waals surface area contributed by atoms with Crippen molar-refractivity contribution >= 4 is 21.9 Å². The number of ether oxygens (including phenoxy) is 3. The Morgan fingerprint density at radius 2 is 2.10 bits per heavy atom. The van der Waals surface area contributed by atoms with Gasteiger partial charge in [-0.15, -0.1) is 0 Å². The van der Waals surface area contributed by atoms with Crippen molar-refractivity contribution in [3.05, 3.63) is 86.7 Å². The summed E-state index contributed by atoms with van der Waals surface area (Å²) in [5.74, 6) is -1.26. The third kappa shape index (κ3) is 4.89. The van der Waals surface area contributed by atoms with Gasteiger partial charge in [-0.2, -0.15) is 5.26 Å². The second kappa shape index (κ2) is 9.67. The van der Waals surface area contributed by atoms with E-state index in [4.69, 9.17) is 19.9 Å². The van der Waals surface area contributed by atoms with Crippen molar-refractivity contribution in [3.8, 4) is 11.8 Å². The fourth-order valence-corrected chi connectivity index (χ4v) is 3.71. The molecule has 0 saturated heterocycles. The van der Waals surface area contributed by atoms with Crippen LogP contribution in [0.2, 0.25) is 0 Å². The Labute approximate surface area is 187 Å². The molecular formula is C23H20BrFN2O4. The van der Waals surface area contributed by atoms with Gasteiger partial charge in [-0.3, -0.25) is 0 Å². The number of benzene rings is 2. The molecule has 31 heavy (non-hydrogen) atoms. The van der Waals surface area contributed by atoms with Crippen molar-refractivity contribution in [1.29, 1.82) is 5.26 Å². The lowest BCUT2D eigenvalue weighted by molar-refractivity contribution is -0.139. The van der Waals surface area contributed by atoms with Crippen LogP contribution in [0.25, 0.3) is 0 Å². The van der Waals surface area contributed by atoms with Crippen molar-refractivity contribution < 1.29 is 23.4 Å². The summed E-state index contributed by atoms with van der Waals surface area (Å²) in [4.78, 5) is 12.7. The van der Waals surface area contributed by atoms with Crippen LogP contribution in [-0.4, -0.2) is 12.6 Å². The van der Waals surface area contributed by atoms with Crippen LogP contribution >= 0.6 is 15.9 Å². The Bertz CT molecular complexity index is 1120. The molecule has 0 spiro atoms. The van der Waals surface area contributed by atoms with Crippen molar-refractivity contribution in [2.24, 2.45) is 5.73 Å². The topological polar surface area (TPSA) is 94.6 Å². The van der Waals surface area contributed by atoms with Crippen LogP contribution in [-0.2, 0) is 20.9 Å². The summed E-state index contributed by atoms with van der Waals surface area (Å²) in [6.07, 6.45) is 0. The molecular weight excluding hydrogens is 467 g/mol. The number of halogens is 2. The van der Waals surface area contributed by atoms with E-state index in [0.29, 0.717) is 21.3 Å². The highest BCUT2D eigenvalue weighted by atomic mass is 79.9. The van der Waals surface area contributed by atoms with Crippen LogP contribution in [0.4, 0.5) is 4.39 Å². The standard InChI is InChI=1S/C23H20BrFN2O4/c1-3-29-23(28)20-13(2)31-22(27)18(11-26)21(20)17-10-15(24)7-8-19(17)30-12-14-5-4-6-16(25)9-14/h4-10,21H,3,12,27H2,1-2H3/t21-/m1/s1. The van der Waals surface area contributed by atoms with Gasteiger partial charge in [0, 0.05) is 10.0 Å². The molecule has 1 aliphatic heterocycles. The van der Waals surface area contributed by atoms with Crippen LogP contribution in [0.1, 0.15) is 30.9 Å². The molecule has 2 aromatic rings. The maximum atomic E-state index is 13.5. The van der Waals surface area contributed by atoms with E-state index in [1.54, 1.807) is 44.2 Å². The summed E-state index contributed by atoms with van der Waals surface area (Å²) in [6.45, 7) is 3.53. The molecule has 0 aliphatic carbocycles. The average Bonchev–Trinajstić information content (AvgIpc) is 2.72. The highest BCUT2D eigenvalue weighted by molar-refractivity contribution is 9.10. The third-order valence-electron chi connectivity index (χ3n) is 4.67. The molecule has 1 heterocycles. The SMILES string of the molecule is CCOC(=O)C1=C(C)OC(N)=C(C#N)[C@H]1c1cc(Br)ccc1OCc1cccc(F)c1. The number of rotatable bonds is 6. The fourth-order valence-electron chi connectivity index (χ4n) is 3.33. The van der Waals surface area contributed by atoms with Crippen molar-refractivity contribution in [2.75, 3.05) is 6.61 Å². The monoisotopic (exact) mass is 486 g/mol. The number of nitriles is 1. The number of hydrogen-bond acceptors (Lipinski definition) is 6. The molecule has 0 aromatic heterocycles. The average molecular weight is 487 g/mol. The molecule has 6 nitrogen and oxygen atoms in total. The van der Waals surface area contributed by atoms with Crippen LogP contribution in [0, 0.1) is 17.1 Å². The Morgan fingerprint density at radius 3 is 2.77 bits per heavy atom. The van der Waals surface area contributed by atoms with Crippen molar-refractivity contribution in [1.82, 2.24) is 0 Å². The zero-order chi connectivity index (χ0) is 22.5. The van der Waals surface area contributed by atoms with E-state index in [1.165, 1.54) is 12.1 Å². The molecule has 3 rings (SSSR count). The number of allylic oxidation sites excluding steroid dienone is 2. The number of carbonyl (C=O) groups is 1. The lowest BCUT2D eigenvalue weighted by Gasteiger charge is -2.28. The van der Waals surface area contributed by atoms with Crippen molar-refractivity contribution in [2.45, 2.75) is 26.4 Å². The van der Waals surface area contributed by atoms with Gasteiger partial charge in [0.1, 0.15) is 35.6 Å². The van der Waals surface area contributed by atoms with Gasteiger partial charge in [-0.05, 0) is 49.7 Å². The first-order valence-corrected chi connectivity index (χ1v) is 10.3. The highest BCUT2D eigenvalue weighted by Crippen LogP contribution is 2.44. The molecule has 1 aliphatic rings. The molecule has 160 valence electrons.